The van der Waals surface area contributed by atoms with Gasteiger partial charge in [-0.1, -0.05) is 12.1 Å². The fourth-order valence-electron chi connectivity index (χ4n) is 3.31. The second kappa shape index (κ2) is 7.11. The summed E-state index contributed by atoms with van der Waals surface area (Å²) < 4.78 is 1.23. The fourth-order valence-corrected chi connectivity index (χ4v) is 4.41. The summed E-state index contributed by atoms with van der Waals surface area (Å²) >= 11 is 1.78. The molecular weight excluding hydrogens is 332 g/mol. The number of para-hydroxylation sites is 1. The molecule has 1 aromatic heterocycles. The van der Waals surface area contributed by atoms with Crippen LogP contribution >= 0.6 is 11.3 Å². The average molecular weight is 358 g/mol. The van der Waals surface area contributed by atoms with Crippen molar-refractivity contribution in [2.75, 3.05) is 26.7 Å². The highest BCUT2D eigenvalue weighted by atomic mass is 32.1. The van der Waals surface area contributed by atoms with Crippen molar-refractivity contribution in [2.45, 2.75) is 38.1 Å². The summed E-state index contributed by atoms with van der Waals surface area (Å²) in [4.78, 5) is 20.2. The van der Waals surface area contributed by atoms with Gasteiger partial charge in [-0.3, -0.25) is 4.79 Å². The maximum atomic E-state index is 12.5. The Hall–Kier alpha value is -1.97. The molecule has 2 heterocycles. The zero-order valence-corrected chi connectivity index (χ0v) is 15.9. The Morgan fingerprint density at radius 3 is 2.96 bits per heavy atom. The van der Waals surface area contributed by atoms with Gasteiger partial charge in [0.2, 0.25) is 0 Å². The van der Waals surface area contributed by atoms with Crippen molar-refractivity contribution in [3.63, 3.8) is 0 Å². The van der Waals surface area contributed by atoms with Crippen molar-refractivity contribution in [2.24, 2.45) is 0 Å². The number of likely N-dealkylation sites (tertiary alicyclic amines) is 1. The number of piperidine rings is 1. The standard InChI is InChI=1S/C19H24N4OS/c1-19(2,13-20)22(3)17(24)12-23-10-6-7-14(11-23)18-21-15-8-4-5-9-16(15)25-18/h4-5,8-9,14H,6-7,10-12H2,1-3H3/p+1/t14-/m0/s1. The van der Waals surface area contributed by atoms with Crippen LogP contribution in [-0.2, 0) is 4.79 Å². The molecule has 0 saturated carbocycles. The maximum Gasteiger partial charge on any atom is 0.278 e. The third-order valence-electron chi connectivity index (χ3n) is 5.17. The molecule has 2 atom stereocenters. The largest absolute Gasteiger partial charge is 0.327 e. The first kappa shape index (κ1) is 17.8. The SMILES string of the molecule is CN(C(=O)C[NH+]1CCC[C@H](c2nc3ccccc3s2)C1)C(C)(C)C#N. The molecule has 3 rings (SSSR count). The molecule has 1 aliphatic heterocycles. The topological polar surface area (TPSA) is 61.4 Å². The molecule has 1 aromatic carbocycles. The molecule has 6 heteroatoms. The van der Waals surface area contributed by atoms with E-state index in [0.29, 0.717) is 12.5 Å². The molecular formula is C19H25N4OS+. The number of amides is 1. The molecule has 0 aliphatic carbocycles. The van der Waals surface area contributed by atoms with Gasteiger partial charge < -0.3 is 9.80 Å². The smallest absolute Gasteiger partial charge is 0.278 e. The lowest BCUT2D eigenvalue weighted by Crippen LogP contribution is -3.14. The minimum Gasteiger partial charge on any atom is -0.327 e. The van der Waals surface area contributed by atoms with Crippen molar-refractivity contribution in [1.29, 1.82) is 5.26 Å². The van der Waals surface area contributed by atoms with E-state index in [-0.39, 0.29) is 5.91 Å². The van der Waals surface area contributed by atoms with E-state index in [1.54, 1.807) is 37.1 Å². The van der Waals surface area contributed by atoms with Crippen molar-refractivity contribution >= 4 is 27.5 Å². The molecule has 1 fully saturated rings. The zero-order chi connectivity index (χ0) is 18.0. The lowest BCUT2D eigenvalue weighted by atomic mass is 9.98. The highest BCUT2D eigenvalue weighted by Crippen LogP contribution is 2.30. The first-order chi connectivity index (χ1) is 11.9. The maximum absolute atomic E-state index is 12.5. The van der Waals surface area contributed by atoms with E-state index < -0.39 is 5.54 Å². The van der Waals surface area contributed by atoms with E-state index in [9.17, 15) is 10.1 Å². The number of carbonyl (C=O) groups excluding carboxylic acids is 1. The first-order valence-corrected chi connectivity index (χ1v) is 9.59. The van der Waals surface area contributed by atoms with Crippen LogP contribution in [0.15, 0.2) is 24.3 Å². The predicted octanol–water partition coefficient (Wildman–Crippen LogP) is 1.82. The summed E-state index contributed by atoms with van der Waals surface area (Å²) in [5.74, 6) is 0.453. The first-order valence-electron chi connectivity index (χ1n) is 8.77. The molecule has 1 saturated heterocycles. The van der Waals surface area contributed by atoms with Crippen molar-refractivity contribution in [3.8, 4) is 6.07 Å². The normalized spacial score (nSPS) is 21.0. The third kappa shape index (κ3) is 3.83. The number of hydrogen-bond donors (Lipinski definition) is 1. The van der Waals surface area contributed by atoms with Gasteiger partial charge in [-0.15, -0.1) is 11.3 Å². The quantitative estimate of drug-likeness (QED) is 0.908. The number of thiazole rings is 1. The van der Waals surface area contributed by atoms with Gasteiger partial charge in [0.15, 0.2) is 6.54 Å². The second-order valence-corrected chi connectivity index (χ2v) is 8.43. The van der Waals surface area contributed by atoms with Gasteiger partial charge in [0, 0.05) is 7.05 Å². The molecule has 0 bridgehead atoms. The molecule has 25 heavy (non-hydrogen) atoms. The highest BCUT2D eigenvalue weighted by molar-refractivity contribution is 7.18. The van der Waals surface area contributed by atoms with Gasteiger partial charge in [0.05, 0.1) is 35.3 Å². The van der Waals surface area contributed by atoms with Gasteiger partial charge >= 0.3 is 0 Å². The summed E-state index contributed by atoms with van der Waals surface area (Å²) in [6, 6.07) is 10.4. The van der Waals surface area contributed by atoms with Crippen LogP contribution in [0, 0.1) is 11.3 Å². The van der Waals surface area contributed by atoms with E-state index in [4.69, 9.17) is 4.98 Å². The fraction of sp³-hybridized carbons (Fsp3) is 0.526. The number of aromatic nitrogens is 1. The van der Waals surface area contributed by atoms with Crippen LogP contribution in [0.4, 0.5) is 0 Å². The van der Waals surface area contributed by atoms with Gasteiger partial charge in [-0.25, -0.2) is 4.98 Å². The Morgan fingerprint density at radius 2 is 2.24 bits per heavy atom. The number of likely N-dealkylation sites (N-methyl/N-ethyl adjacent to an activating group) is 1. The van der Waals surface area contributed by atoms with E-state index in [2.05, 4.69) is 18.2 Å². The minimum absolute atomic E-state index is 0.0338. The molecule has 1 amide bonds. The van der Waals surface area contributed by atoms with Gasteiger partial charge in [-0.05, 0) is 38.8 Å². The molecule has 1 unspecified atom stereocenters. The molecule has 2 aromatic rings. The lowest BCUT2D eigenvalue weighted by Gasteiger charge is -2.33. The zero-order valence-electron chi connectivity index (χ0n) is 15.1. The number of nitrogens with zero attached hydrogens (tertiary/aromatic N) is 3. The third-order valence-corrected chi connectivity index (χ3v) is 6.36. The van der Waals surface area contributed by atoms with Crippen LogP contribution in [0.5, 0.6) is 0 Å². The Morgan fingerprint density at radius 1 is 1.48 bits per heavy atom. The summed E-state index contributed by atoms with van der Waals surface area (Å²) in [7, 11) is 1.72. The Bertz CT molecular complexity index is 774. The van der Waals surface area contributed by atoms with Gasteiger partial charge in [-0.2, -0.15) is 5.26 Å². The summed E-state index contributed by atoms with van der Waals surface area (Å²) in [6.45, 7) is 5.95. The molecule has 0 spiro atoms. The van der Waals surface area contributed by atoms with Gasteiger partial charge in [0.25, 0.3) is 5.91 Å². The minimum atomic E-state index is -0.765. The number of nitriles is 1. The van der Waals surface area contributed by atoms with Crippen molar-refractivity contribution in [3.05, 3.63) is 29.3 Å². The van der Waals surface area contributed by atoms with E-state index >= 15 is 0 Å². The van der Waals surface area contributed by atoms with Crippen molar-refractivity contribution in [1.82, 2.24) is 9.88 Å². The van der Waals surface area contributed by atoms with Crippen molar-refractivity contribution < 1.29 is 9.69 Å². The summed E-state index contributed by atoms with van der Waals surface area (Å²) in [5.41, 5.74) is 0.305. The van der Waals surface area contributed by atoms with Crippen LogP contribution in [0.25, 0.3) is 10.2 Å². The number of carbonyl (C=O) groups is 1. The Labute approximate surface area is 152 Å². The Kier molecular flexibility index (Phi) is 5.07. The number of hydrogen-bond acceptors (Lipinski definition) is 4. The average Bonchev–Trinajstić information content (AvgIpc) is 3.05. The number of quaternary nitrogens is 1. The number of rotatable bonds is 4. The number of fused-ring (bicyclic) bond motifs is 1. The molecule has 1 N–H and O–H groups in total. The van der Waals surface area contributed by atoms with E-state index in [0.717, 1.165) is 31.4 Å². The highest BCUT2D eigenvalue weighted by Gasteiger charge is 2.32. The number of nitrogens with one attached hydrogen (secondary N) is 1. The van der Waals surface area contributed by atoms with Crippen LogP contribution in [-0.4, -0.2) is 48.0 Å². The van der Waals surface area contributed by atoms with Crippen LogP contribution in [0.3, 0.4) is 0 Å². The second-order valence-electron chi connectivity index (χ2n) is 7.36. The van der Waals surface area contributed by atoms with Crippen LogP contribution in [0.2, 0.25) is 0 Å². The van der Waals surface area contributed by atoms with Gasteiger partial charge in [0.1, 0.15) is 10.5 Å². The predicted molar refractivity (Wildman–Crippen MR) is 99.6 cm³/mol. The molecule has 5 nitrogen and oxygen atoms in total. The van der Waals surface area contributed by atoms with E-state index in [1.165, 1.54) is 14.6 Å². The molecule has 1 aliphatic rings. The monoisotopic (exact) mass is 357 g/mol. The van der Waals surface area contributed by atoms with Crippen LogP contribution < -0.4 is 4.90 Å². The molecule has 132 valence electrons. The number of benzene rings is 1. The molecule has 0 radical (unpaired) electrons. The van der Waals surface area contributed by atoms with Crippen LogP contribution in [0.1, 0.15) is 37.6 Å². The van der Waals surface area contributed by atoms with E-state index in [1.807, 2.05) is 12.1 Å². The lowest BCUT2D eigenvalue weighted by molar-refractivity contribution is -0.898. The summed E-state index contributed by atoms with van der Waals surface area (Å²) in [5, 5.41) is 10.4. The Balaban J connectivity index is 1.67. The summed E-state index contributed by atoms with van der Waals surface area (Å²) in [6.07, 6.45) is 2.24.